The molecule has 0 saturated carbocycles. The summed E-state index contributed by atoms with van der Waals surface area (Å²) >= 11 is 0. The largest absolute Gasteiger partial charge is 0.369 e. The second-order valence-corrected chi connectivity index (χ2v) is 4.83. The van der Waals surface area contributed by atoms with Gasteiger partial charge in [0, 0.05) is 6.61 Å². The highest BCUT2D eigenvalue weighted by molar-refractivity contribution is 7.53. The molecule has 0 heterocycles. The molecule has 14 heavy (non-hydrogen) atoms. The minimum atomic E-state index is -2.98. The maximum Gasteiger partial charge on any atom is 0.356 e. The van der Waals surface area contributed by atoms with Crippen LogP contribution < -0.4 is 0 Å². The maximum absolute atomic E-state index is 11.8. The highest BCUT2D eigenvalue weighted by atomic mass is 31.2. The summed E-state index contributed by atoms with van der Waals surface area (Å²) in [6.45, 7) is 7.03. The summed E-state index contributed by atoms with van der Waals surface area (Å²) in [6.07, 6.45) is 2.10. The van der Waals surface area contributed by atoms with Crippen LogP contribution in [0.15, 0.2) is 0 Å². The van der Waals surface area contributed by atoms with E-state index in [1.54, 1.807) is 13.8 Å². The number of hydrogen-bond acceptors (Lipinski definition) is 4. The Kier molecular flexibility index (Phi) is 8.49. The van der Waals surface area contributed by atoms with E-state index in [0.717, 1.165) is 12.8 Å². The van der Waals surface area contributed by atoms with E-state index in [1.807, 2.05) is 0 Å². The van der Waals surface area contributed by atoms with Crippen LogP contribution in [0.5, 0.6) is 0 Å². The summed E-state index contributed by atoms with van der Waals surface area (Å²) in [7, 11) is -2.98. The molecule has 86 valence electrons. The molecule has 4 nitrogen and oxygen atoms in total. The predicted octanol–water partition coefficient (Wildman–Crippen LogP) is 3.03. The van der Waals surface area contributed by atoms with Gasteiger partial charge in [-0.2, -0.15) is 0 Å². The third-order valence-corrected chi connectivity index (χ3v) is 3.35. The second-order valence-electron chi connectivity index (χ2n) is 2.84. The smallest absolute Gasteiger partial charge is 0.356 e. The topological polar surface area (TPSA) is 44.8 Å². The first-order valence-corrected chi connectivity index (χ1v) is 6.87. The molecule has 0 unspecified atom stereocenters. The highest BCUT2D eigenvalue weighted by Crippen LogP contribution is 2.47. The molecule has 0 atom stereocenters. The highest BCUT2D eigenvalue weighted by Gasteiger charge is 2.23. The third-order valence-electron chi connectivity index (χ3n) is 1.54. The van der Waals surface area contributed by atoms with Crippen LogP contribution in [-0.2, 0) is 18.3 Å². The number of hydrogen-bond donors (Lipinski definition) is 0. The van der Waals surface area contributed by atoms with Gasteiger partial charge in [-0.1, -0.05) is 13.3 Å². The first-order chi connectivity index (χ1) is 6.68. The average molecular weight is 224 g/mol. The summed E-state index contributed by atoms with van der Waals surface area (Å²) < 4.78 is 27.2. The van der Waals surface area contributed by atoms with Crippen LogP contribution >= 0.6 is 7.60 Å². The van der Waals surface area contributed by atoms with Gasteiger partial charge in [0.05, 0.1) is 13.2 Å². The van der Waals surface area contributed by atoms with E-state index in [-0.39, 0.29) is 6.35 Å². The zero-order chi connectivity index (χ0) is 10.9. The fourth-order valence-electron chi connectivity index (χ4n) is 0.928. The van der Waals surface area contributed by atoms with Crippen LogP contribution in [0.25, 0.3) is 0 Å². The van der Waals surface area contributed by atoms with Crippen molar-refractivity contribution in [3.63, 3.8) is 0 Å². The molecule has 0 bridgehead atoms. The van der Waals surface area contributed by atoms with Gasteiger partial charge in [-0.15, -0.1) is 0 Å². The van der Waals surface area contributed by atoms with Crippen molar-refractivity contribution in [3.05, 3.63) is 0 Å². The van der Waals surface area contributed by atoms with Crippen LogP contribution in [0.1, 0.15) is 33.6 Å². The van der Waals surface area contributed by atoms with Crippen LogP contribution in [0.3, 0.4) is 0 Å². The van der Waals surface area contributed by atoms with E-state index < -0.39 is 7.60 Å². The fourth-order valence-corrected chi connectivity index (χ4v) is 2.29. The molecule has 0 saturated heterocycles. The molecule has 0 aliphatic heterocycles. The first kappa shape index (κ1) is 14.1. The molecule has 0 aromatic rings. The van der Waals surface area contributed by atoms with Gasteiger partial charge in [-0.25, -0.2) is 0 Å². The summed E-state index contributed by atoms with van der Waals surface area (Å²) in [5, 5.41) is 0. The molecule has 0 aliphatic carbocycles. The summed E-state index contributed by atoms with van der Waals surface area (Å²) in [5.41, 5.74) is 0. The summed E-state index contributed by atoms with van der Waals surface area (Å²) in [5.74, 6) is 0. The standard InChI is InChI=1S/C9H21O4P/c1-4-7-8-11-9-14(10,12-5-2)13-6-3/h4-9H2,1-3H3. The van der Waals surface area contributed by atoms with Crippen molar-refractivity contribution in [2.45, 2.75) is 33.6 Å². The second kappa shape index (κ2) is 8.42. The molecule has 0 radical (unpaired) electrons. The van der Waals surface area contributed by atoms with Gasteiger partial charge < -0.3 is 13.8 Å². The van der Waals surface area contributed by atoms with Gasteiger partial charge in [0.15, 0.2) is 0 Å². The molecule has 0 aliphatic rings. The van der Waals surface area contributed by atoms with Gasteiger partial charge in [-0.05, 0) is 20.3 Å². The van der Waals surface area contributed by atoms with Crippen molar-refractivity contribution in [1.29, 1.82) is 0 Å². The maximum atomic E-state index is 11.8. The lowest BCUT2D eigenvalue weighted by atomic mass is 10.4. The number of rotatable bonds is 9. The third kappa shape index (κ3) is 6.55. The first-order valence-electron chi connectivity index (χ1n) is 5.14. The van der Waals surface area contributed by atoms with E-state index >= 15 is 0 Å². The molecule has 0 rings (SSSR count). The number of ether oxygens (including phenoxy) is 1. The molecule has 0 fully saturated rings. The van der Waals surface area contributed by atoms with Crippen molar-refractivity contribution in [1.82, 2.24) is 0 Å². The van der Waals surface area contributed by atoms with Gasteiger partial charge in [0.2, 0.25) is 0 Å². The van der Waals surface area contributed by atoms with Gasteiger partial charge in [-0.3, -0.25) is 4.57 Å². The van der Waals surface area contributed by atoms with E-state index in [9.17, 15) is 4.57 Å². The van der Waals surface area contributed by atoms with Gasteiger partial charge in [0.25, 0.3) is 0 Å². The molecule has 0 spiro atoms. The van der Waals surface area contributed by atoms with E-state index in [0.29, 0.717) is 19.8 Å². The van der Waals surface area contributed by atoms with Crippen LogP contribution in [-0.4, -0.2) is 26.2 Å². The minimum Gasteiger partial charge on any atom is -0.369 e. The van der Waals surface area contributed by atoms with Crippen LogP contribution in [0.4, 0.5) is 0 Å². The molecule has 0 N–H and O–H groups in total. The zero-order valence-corrected chi connectivity index (χ0v) is 10.2. The summed E-state index contributed by atoms with van der Waals surface area (Å²) in [6, 6.07) is 0. The van der Waals surface area contributed by atoms with Crippen molar-refractivity contribution >= 4 is 7.60 Å². The molecular weight excluding hydrogens is 203 g/mol. The number of unbranched alkanes of at least 4 members (excludes halogenated alkanes) is 1. The lowest BCUT2D eigenvalue weighted by molar-refractivity contribution is 0.130. The van der Waals surface area contributed by atoms with E-state index in [2.05, 4.69) is 6.92 Å². The Labute approximate surface area is 86.5 Å². The predicted molar refractivity (Wildman–Crippen MR) is 56.6 cm³/mol. The quantitative estimate of drug-likeness (QED) is 0.446. The lowest BCUT2D eigenvalue weighted by Gasteiger charge is -2.16. The summed E-state index contributed by atoms with van der Waals surface area (Å²) in [4.78, 5) is 0. The minimum absolute atomic E-state index is 0.0642. The molecular formula is C9H21O4P. The molecule has 5 heteroatoms. The Morgan fingerprint density at radius 3 is 2.07 bits per heavy atom. The van der Waals surface area contributed by atoms with Gasteiger partial charge in [0.1, 0.15) is 6.35 Å². The Hall–Kier alpha value is 0.110. The van der Waals surface area contributed by atoms with Crippen molar-refractivity contribution in [2.24, 2.45) is 0 Å². The monoisotopic (exact) mass is 224 g/mol. The zero-order valence-electron chi connectivity index (χ0n) is 9.32. The lowest BCUT2D eigenvalue weighted by Crippen LogP contribution is -2.04. The normalized spacial score (nSPS) is 11.9. The van der Waals surface area contributed by atoms with Crippen molar-refractivity contribution in [3.8, 4) is 0 Å². The van der Waals surface area contributed by atoms with Crippen LogP contribution in [0.2, 0.25) is 0 Å². The molecule has 0 aromatic heterocycles. The van der Waals surface area contributed by atoms with Crippen molar-refractivity contribution < 1.29 is 18.3 Å². The average Bonchev–Trinajstić information content (AvgIpc) is 2.13. The SMILES string of the molecule is CCCCOCP(=O)(OCC)OCC. The van der Waals surface area contributed by atoms with Crippen molar-refractivity contribution in [2.75, 3.05) is 26.2 Å². The van der Waals surface area contributed by atoms with E-state index in [4.69, 9.17) is 13.8 Å². The fraction of sp³-hybridized carbons (Fsp3) is 1.00. The Balaban J connectivity index is 3.78. The van der Waals surface area contributed by atoms with E-state index in [1.165, 1.54) is 0 Å². The molecule has 0 aromatic carbocycles. The Morgan fingerprint density at radius 2 is 1.64 bits per heavy atom. The Bertz CT molecular complexity index is 162. The Morgan fingerprint density at radius 1 is 1.07 bits per heavy atom. The van der Waals surface area contributed by atoms with Gasteiger partial charge >= 0.3 is 7.60 Å². The van der Waals surface area contributed by atoms with Crippen LogP contribution in [0, 0.1) is 0 Å². The molecule has 0 amide bonds.